The van der Waals surface area contributed by atoms with Crippen LogP contribution < -0.4 is 5.32 Å². The van der Waals surface area contributed by atoms with E-state index in [1.54, 1.807) is 11.0 Å². The highest BCUT2D eigenvalue weighted by Crippen LogP contribution is 2.16. The van der Waals surface area contributed by atoms with E-state index in [-0.39, 0.29) is 23.8 Å². The minimum absolute atomic E-state index is 0.0641. The van der Waals surface area contributed by atoms with Crippen molar-refractivity contribution >= 4 is 27.7 Å². The van der Waals surface area contributed by atoms with Crippen LogP contribution in [-0.2, 0) is 4.79 Å². The molecule has 0 radical (unpaired) electrons. The second kappa shape index (κ2) is 5.48. The fourth-order valence-electron chi connectivity index (χ4n) is 1.83. The summed E-state index contributed by atoms with van der Waals surface area (Å²) in [4.78, 5) is 24.9. The molecule has 96 valence electrons. The van der Waals surface area contributed by atoms with E-state index in [0.29, 0.717) is 24.1 Å². The van der Waals surface area contributed by atoms with Gasteiger partial charge >= 0.3 is 0 Å². The zero-order chi connectivity index (χ0) is 13.1. The van der Waals surface area contributed by atoms with Gasteiger partial charge in [0, 0.05) is 36.1 Å². The number of nitrogens with zero attached hydrogens (tertiary/aromatic N) is 1. The maximum Gasteiger partial charge on any atom is 0.254 e. The lowest BCUT2D eigenvalue weighted by Crippen LogP contribution is -2.34. The minimum atomic E-state index is -0.461. The molecule has 4 nitrogen and oxygen atoms in total. The van der Waals surface area contributed by atoms with Crippen molar-refractivity contribution in [2.45, 2.75) is 6.42 Å². The first kappa shape index (κ1) is 13.0. The van der Waals surface area contributed by atoms with Gasteiger partial charge in [0.25, 0.3) is 5.91 Å². The van der Waals surface area contributed by atoms with E-state index in [0.717, 1.165) is 0 Å². The Balaban J connectivity index is 2.17. The molecule has 18 heavy (non-hydrogen) atoms. The predicted octanol–water partition coefficient (Wildman–Crippen LogP) is 1.55. The van der Waals surface area contributed by atoms with Gasteiger partial charge in [-0.3, -0.25) is 9.59 Å². The number of hydrogen-bond donors (Lipinski definition) is 1. The molecule has 1 fully saturated rings. The average Bonchev–Trinajstić information content (AvgIpc) is 2.52. The second-order valence-corrected chi connectivity index (χ2v) is 4.97. The van der Waals surface area contributed by atoms with Gasteiger partial charge in [-0.25, -0.2) is 4.39 Å². The highest BCUT2D eigenvalue weighted by atomic mass is 79.9. The molecule has 0 saturated carbocycles. The molecule has 0 spiro atoms. The number of nitrogens with one attached hydrogen (secondary N) is 1. The molecule has 1 aromatic rings. The van der Waals surface area contributed by atoms with Gasteiger partial charge in [0.15, 0.2) is 0 Å². The van der Waals surface area contributed by atoms with Crippen LogP contribution in [0.3, 0.4) is 0 Å². The van der Waals surface area contributed by atoms with Gasteiger partial charge in [-0.05, 0) is 18.2 Å². The molecular formula is C12H12BrFN2O2. The molecule has 1 N–H and O–H groups in total. The van der Waals surface area contributed by atoms with Crippen molar-refractivity contribution in [1.82, 2.24) is 10.2 Å². The van der Waals surface area contributed by atoms with E-state index < -0.39 is 5.82 Å². The lowest BCUT2D eigenvalue weighted by Gasteiger charge is -2.19. The number of rotatable bonds is 1. The Morgan fingerprint density at radius 3 is 2.83 bits per heavy atom. The monoisotopic (exact) mass is 314 g/mol. The molecule has 1 saturated heterocycles. The normalized spacial score (nSPS) is 16.1. The molecule has 1 aliphatic heterocycles. The van der Waals surface area contributed by atoms with Gasteiger partial charge in [0.1, 0.15) is 5.82 Å². The topological polar surface area (TPSA) is 49.4 Å². The first-order valence-electron chi connectivity index (χ1n) is 5.58. The lowest BCUT2D eigenvalue weighted by molar-refractivity contribution is -0.120. The van der Waals surface area contributed by atoms with Gasteiger partial charge in [-0.2, -0.15) is 0 Å². The predicted molar refractivity (Wildman–Crippen MR) is 67.6 cm³/mol. The Hall–Kier alpha value is -1.43. The van der Waals surface area contributed by atoms with Crippen LogP contribution in [0.2, 0.25) is 0 Å². The molecule has 1 heterocycles. The number of hydrogen-bond acceptors (Lipinski definition) is 2. The van der Waals surface area contributed by atoms with Crippen molar-refractivity contribution in [3.05, 3.63) is 34.1 Å². The Kier molecular flexibility index (Phi) is 3.96. The third-order valence-electron chi connectivity index (χ3n) is 2.71. The standard InChI is InChI=1S/C12H12BrFN2O2/c13-9-5-8(6-10(14)7-9)12(18)16-3-1-11(17)15-2-4-16/h5-7H,1-4H2,(H,15,17). The van der Waals surface area contributed by atoms with Gasteiger partial charge in [0.05, 0.1) is 0 Å². The zero-order valence-electron chi connectivity index (χ0n) is 9.58. The summed E-state index contributed by atoms with van der Waals surface area (Å²) < 4.78 is 13.8. The fourth-order valence-corrected chi connectivity index (χ4v) is 2.30. The number of carbonyl (C=O) groups excluding carboxylic acids is 2. The van der Waals surface area contributed by atoms with Crippen LogP contribution in [0.25, 0.3) is 0 Å². The molecule has 1 aromatic carbocycles. The summed E-state index contributed by atoms with van der Waals surface area (Å²) in [6.07, 6.45) is 0.280. The van der Waals surface area contributed by atoms with Gasteiger partial charge in [-0.1, -0.05) is 15.9 Å². The zero-order valence-corrected chi connectivity index (χ0v) is 11.2. The number of carbonyl (C=O) groups is 2. The van der Waals surface area contributed by atoms with Crippen LogP contribution in [0.4, 0.5) is 4.39 Å². The van der Waals surface area contributed by atoms with Gasteiger partial charge < -0.3 is 10.2 Å². The summed E-state index contributed by atoms with van der Waals surface area (Å²) in [6, 6.07) is 4.07. The summed E-state index contributed by atoms with van der Waals surface area (Å²) in [5, 5.41) is 2.69. The van der Waals surface area contributed by atoms with Crippen LogP contribution >= 0.6 is 15.9 Å². The lowest BCUT2D eigenvalue weighted by atomic mass is 10.2. The number of amides is 2. The van der Waals surface area contributed by atoms with Crippen LogP contribution in [0, 0.1) is 5.82 Å². The van der Waals surface area contributed by atoms with Crippen molar-refractivity contribution in [2.24, 2.45) is 0 Å². The third-order valence-corrected chi connectivity index (χ3v) is 3.17. The summed E-state index contributed by atoms with van der Waals surface area (Å²) >= 11 is 3.15. The molecule has 6 heteroatoms. The second-order valence-electron chi connectivity index (χ2n) is 4.05. The van der Waals surface area contributed by atoms with Crippen LogP contribution in [0.5, 0.6) is 0 Å². The van der Waals surface area contributed by atoms with E-state index in [1.807, 2.05) is 0 Å². The van der Waals surface area contributed by atoms with Crippen molar-refractivity contribution in [3.8, 4) is 0 Å². The summed E-state index contributed by atoms with van der Waals surface area (Å²) in [6.45, 7) is 1.23. The molecule has 0 unspecified atom stereocenters. The Labute approximate surface area is 112 Å². The van der Waals surface area contributed by atoms with Gasteiger partial charge in [-0.15, -0.1) is 0 Å². The van der Waals surface area contributed by atoms with E-state index in [1.165, 1.54) is 12.1 Å². The van der Waals surface area contributed by atoms with Crippen LogP contribution in [0.1, 0.15) is 16.8 Å². The van der Waals surface area contributed by atoms with E-state index in [9.17, 15) is 14.0 Å². The maximum absolute atomic E-state index is 13.2. The van der Waals surface area contributed by atoms with E-state index in [4.69, 9.17) is 0 Å². The van der Waals surface area contributed by atoms with E-state index >= 15 is 0 Å². The maximum atomic E-state index is 13.2. The molecule has 2 amide bonds. The Morgan fingerprint density at radius 2 is 2.11 bits per heavy atom. The molecule has 2 rings (SSSR count). The van der Waals surface area contributed by atoms with Gasteiger partial charge in [0.2, 0.25) is 5.91 Å². The average molecular weight is 315 g/mol. The number of benzene rings is 1. The molecule has 0 aliphatic carbocycles. The van der Waals surface area contributed by atoms with Crippen molar-refractivity contribution in [3.63, 3.8) is 0 Å². The largest absolute Gasteiger partial charge is 0.354 e. The molecule has 0 atom stereocenters. The Morgan fingerprint density at radius 1 is 1.33 bits per heavy atom. The molecule has 0 aromatic heterocycles. The highest BCUT2D eigenvalue weighted by Gasteiger charge is 2.20. The smallest absolute Gasteiger partial charge is 0.254 e. The minimum Gasteiger partial charge on any atom is -0.354 e. The highest BCUT2D eigenvalue weighted by molar-refractivity contribution is 9.10. The van der Waals surface area contributed by atoms with Crippen molar-refractivity contribution in [1.29, 1.82) is 0 Å². The summed E-state index contributed by atoms with van der Waals surface area (Å²) in [7, 11) is 0. The molecule has 0 bridgehead atoms. The SMILES string of the molecule is O=C1CCN(C(=O)c2cc(F)cc(Br)c2)CCN1. The quantitative estimate of drug-likeness (QED) is 0.855. The third kappa shape index (κ3) is 3.07. The molecular weight excluding hydrogens is 303 g/mol. The fraction of sp³-hybridized carbons (Fsp3) is 0.333. The Bertz CT molecular complexity index is 473. The van der Waals surface area contributed by atoms with E-state index in [2.05, 4.69) is 21.2 Å². The van der Waals surface area contributed by atoms with Crippen molar-refractivity contribution in [2.75, 3.05) is 19.6 Å². The van der Waals surface area contributed by atoms with Crippen LogP contribution in [-0.4, -0.2) is 36.3 Å². The van der Waals surface area contributed by atoms with Crippen LogP contribution in [0.15, 0.2) is 22.7 Å². The first-order valence-corrected chi connectivity index (χ1v) is 6.37. The summed E-state index contributed by atoms with van der Waals surface area (Å²) in [5.41, 5.74) is 0.288. The first-order chi connectivity index (χ1) is 8.56. The van der Waals surface area contributed by atoms with Crippen molar-refractivity contribution < 1.29 is 14.0 Å². The molecule has 1 aliphatic rings. The summed E-state index contributed by atoms with van der Waals surface area (Å²) in [5.74, 6) is -0.783. The number of halogens is 2.